The van der Waals surface area contributed by atoms with E-state index in [1.807, 2.05) is 0 Å². The van der Waals surface area contributed by atoms with Crippen LogP contribution >= 0.6 is 0 Å². The molecule has 2 aromatic heterocycles. The van der Waals surface area contributed by atoms with Crippen LogP contribution in [0.2, 0.25) is 0 Å². The summed E-state index contributed by atoms with van der Waals surface area (Å²) >= 11 is 0. The Labute approximate surface area is 137 Å². The van der Waals surface area contributed by atoms with Crippen molar-refractivity contribution in [2.24, 2.45) is 0 Å². The van der Waals surface area contributed by atoms with Crippen LogP contribution in [0, 0.1) is 17.5 Å². The van der Waals surface area contributed by atoms with Gasteiger partial charge in [-0.1, -0.05) is 0 Å². The molecule has 3 aromatic rings. The van der Waals surface area contributed by atoms with Crippen LogP contribution in [0.4, 0.5) is 32.2 Å². The first kappa shape index (κ1) is 17.1. The molecule has 0 radical (unpaired) electrons. The van der Waals surface area contributed by atoms with Gasteiger partial charge in [-0.2, -0.15) is 22.8 Å². The third-order valence-electron chi connectivity index (χ3n) is 3.54. The van der Waals surface area contributed by atoms with E-state index in [4.69, 9.17) is 0 Å². The van der Waals surface area contributed by atoms with E-state index in [9.17, 15) is 26.3 Å². The predicted octanol–water partition coefficient (Wildman–Crippen LogP) is 4.18. The molecule has 3 rings (SSSR count). The van der Waals surface area contributed by atoms with E-state index in [1.54, 1.807) is 0 Å². The van der Waals surface area contributed by atoms with Crippen LogP contribution in [-0.2, 0) is 0 Å². The molecule has 0 aliphatic heterocycles. The predicted molar refractivity (Wildman–Crippen MR) is 77.4 cm³/mol. The lowest BCUT2D eigenvalue weighted by atomic mass is 10.1. The van der Waals surface area contributed by atoms with Gasteiger partial charge in [0.2, 0.25) is 0 Å². The molecule has 0 amide bonds. The lowest BCUT2D eigenvalue weighted by Gasteiger charge is -2.21. The number of fused-ring (bicyclic) bond motifs is 1. The zero-order valence-corrected chi connectivity index (χ0v) is 12.6. The third kappa shape index (κ3) is 3.11. The summed E-state index contributed by atoms with van der Waals surface area (Å²) in [5, 5.41) is 5.98. The SMILES string of the molecule is C[C@H](Nc1c(-c2c(F)cc(F)cc2F)cnc2ccnn12)C(F)(F)F. The Balaban J connectivity index is 2.24. The van der Waals surface area contributed by atoms with E-state index in [2.05, 4.69) is 15.4 Å². The first-order valence-corrected chi connectivity index (χ1v) is 6.99. The molecule has 2 heterocycles. The molecule has 25 heavy (non-hydrogen) atoms. The van der Waals surface area contributed by atoms with Crippen molar-refractivity contribution < 1.29 is 26.3 Å². The molecule has 1 aromatic carbocycles. The highest BCUT2D eigenvalue weighted by Gasteiger charge is 2.37. The Bertz CT molecular complexity index is 910. The number of alkyl halides is 3. The van der Waals surface area contributed by atoms with E-state index in [-0.39, 0.29) is 17.0 Å². The lowest BCUT2D eigenvalue weighted by molar-refractivity contribution is -0.138. The summed E-state index contributed by atoms with van der Waals surface area (Å²) in [6.45, 7) is 0.844. The van der Waals surface area contributed by atoms with Crippen molar-refractivity contribution in [3.05, 3.63) is 48.0 Å². The molecule has 0 unspecified atom stereocenters. The van der Waals surface area contributed by atoms with Gasteiger partial charge in [-0.05, 0) is 6.92 Å². The standard InChI is InChI=1S/C15H10F6N4/c1-7(15(19,20)21)24-14-9(6-22-12-2-3-23-25(12)14)13-10(17)4-8(16)5-11(13)18/h2-7,24H,1H3/t7-/m0/s1. The lowest BCUT2D eigenvalue weighted by Crippen LogP contribution is -2.34. The molecule has 0 spiro atoms. The molecule has 0 aliphatic rings. The second kappa shape index (κ2) is 5.94. The van der Waals surface area contributed by atoms with Crippen molar-refractivity contribution in [1.82, 2.24) is 14.6 Å². The summed E-state index contributed by atoms with van der Waals surface area (Å²) in [4.78, 5) is 3.90. The van der Waals surface area contributed by atoms with Crippen LogP contribution in [0.5, 0.6) is 0 Å². The van der Waals surface area contributed by atoms with Gasteiger partial charge in [-0.3, -0.25) is 0 Å². The van der Waals surface area contributed by atoms with Crippen LogP contribution in [0.25, 0.3) is 16.8 Å². The fraction of sp³-hybridized carbons (Fsp3) is 0.200. The number of anilines is 1. The average molecular weight is 360 g/mol. The summed E-state index contributed by atoms with van der Waals surface area (Å²) in [6.07, 6.45) is -2.34. The van der Waals surface area contributed by atoms with Gasteiger partial charge < -0.3 is 5.32 Å². The fourth-order valence-electron chi connectivity index (χ4n) is 2.28. The van der Waals surface area contributed by atoms with E-state index in [0.29, 0.717) is 12.1 Å². The molecule has 0 saturated carbocycles. The van der Waals surface area contributed by atoms with Crippen molar-refractivity contribution in [1.29, 1.82) is 0 Å². The molecule has 0 aliphatic carbocycles. The van der Waals surface area contributed by atoms with Crippen LogP contribution in [0.1, 0.15) is 6.92 Å². The number of halogens is 6. The highest BCUT2D eigenvalue weighted by Crippen LogP contribution is 2.34. The fourth-order valence-corrected chi connectivity index (χ4v) is 2.28. The van der Waals surface area contributed by atoms with E-state index in [0.717, 1.165) is 17.6 Å². The Morgan fingerprint density at radius 1 is 1.12 bits per heavy atom. The molecule has 10 heteroatoms. The van der Waals surface area contributed by atoms with Crippen molar-refractivity contribution in [2.45, 2.75) is 19.1 Å². The number of hydrogen-bond donors (Lipinski definition) is 1. The molecule has 0 bridgehead atoms. The maximum Gasteiger partial charge on any atom is 0.408 e. The summed E-state index contributed by atoms with van der Waals surface area (Å²) in [6, 6.07) is 0.239. The van der Waals surface area contributed by atoms with Gasteiger partial charge in [-0.15, -0.1) is 0 Å². The highest BCUT2D eigenvalue weighted by atomic mass is 19.4. The first-order chi connectivity index (χ1) is 11.7. The Hall–Kier alpha value is -2.78. The normalized spacial score (nSPS) is 13.2. The Kier molecular flexibility index (Phi) is 4.05. The number of hydrogen-bond acceptors (Lipinski definition) is 3. The van der Waals surface area contributed by atoms with Gasteiger partial charge in [-0.25, -0.2) is 18.2 Å². The van der Waals surface area contributed by atoms with Gasteiger partial charge in [0.05, 0.1) is 11.8 Å². The summed E-state index contributed by atoms with van der Waals surface area (Å²) < 4.78 is 81.0. The third-order valence-corrected chi connectivity index (χ3v) is 3.54. The molecule has 1 atom stereocenters. The van der Waals surface area contributed by atoms with Crippen LogP contribution in [-0.4, -0.2) is 26.8 Å². The van der Waals surface area contributed by atoms with Crippen molar-refractivity contribution in [2.75, 3.05) is 5.32 Å². The topological polar surface area (TPSA) is 42.2 Å². The van der Waals surface area contributed by atoms with Crippen LogP contribution < -0.4 is 5.32 Å². The van der Waals surface area contributed by atoms with Gasteiger partial charge in [0.25, 0.3) is 0 Å². The summed E-state index contributed by atoms with van der Waals surface area (Å²) in [5.41, 5.74) is -0.853. The zero-order chi connectivity index (χ0) is 18.4. The minimum atomic E-state index is -4.61. The van der Waals surface area contributed by atoms with Crippen molar-refractivity contribution in [3.63, 3.8) is 0 Å². The van der Waals surface area contributed by atoms with Gasteiger partial charge in [0.1, 0.15) is 29.3 Å². The summed E-state index contributed by atoms with van der Waals surface area (Å²) in [7, 11) is 0. The number of aromatic nitrogens is 3. The van der Waals surface area contributed by atoms with Crippen molar-refractivity contribution >= 4 is 11.5 Å². The molecule has 1 N–H and O–H groups in total. The summed E-state index contributed by atoms with van der Waals surface area (Å²) in [5.74, 6) is -4.00. The first-order valence-electron chi connectivity index (χ1n) is 6.99. The average Bonchev–Trinajstić information content (AvgIpc) is 2.95. The maximum absolute atomic E-state index is 14.1. The molecular weight excluding hydrogens is 350 g/mol. The zero-order valence-electron chi connectivity index (χ0n) is 12.6. The van der Waals surface area contributed by atoms with Gasteiger partial charge in [0.15, 0.2) is 5.65 Å². The minimum absolute atomic E-state index is 0.170. The number of rotatable bonds is 3. The Morgan fingerprint density at radius 2 is 1.76 bits per heavy atom. The number of nitrogens with one attached hydrogen (secondary N) is 1. The van der Waals surface area contributed by atoms with Gasteiger partial charge >= 0.3 is 6.18 Å². The molecular formula is C15H10F6N4. The van der Waals surface area contributed by atoms with E-state index >= 15 is 0 Å². The molecule has 0 fully saturated rings. The maximum atomic E-state index is 14.1. The highest BCUT2D eigenvalue weighted by molar-refractivity contribution is 5.77. The number of benzene rings is 1. The van der Waals surface area contributed by atoms with E-state index in [1.165, 1.54) is 12.3 Å². The molecule has 132 valence electrons. The molecule has 0 saturated heterocycles. The van der Waals surface area contributed by atoms with Crippen LogP contribution in [0.3, 0.4) is 0 Å². The van der Waals surface area contributed by atoms with Gasteiger partial charge in [0, 0.05) is 30.0 Å². The van der Waals surface area contributed by atoms with E-state index < -0.39 is 35.2 Å². The van der Waals surface area contributed by atoms with Crippen molar-refractivity contribution in [3.8, 4) is 11.1 Å². The number of nitrogens with zero attached hydrogens (tertiary/aromatic N) is 3. The minimum Gasteiger partial charge on any atom is -0.358 e. The monoisotopic (exact) mass is 360 g/mol. The quantitative estimate of drug-likeness (QED) is 0.713. The second-order valence-corrected chi connectivity index (χ2v) is 5.27. The van der Waals surface area contributed by atoms with Crippen LogP contribution in [0.15, 0.2) is 30.6 Å². The smallest absolute Gasteiger partial charge is 0.358 e. The largest absolute Gasteiger partial charge is 0.408 e. The molecule has 4 nitrogen and oxygen atoms in total. The Morgan fingerprint density at radius 3 is 2.36 bits per heavy atom. The second-order valence-electron chi connectivity index (χ2n) is 5.27.